The van der Waals surface area contributed by atoms with Crippen molar-refractivity contribution in [3.63, 3.8) is 0 Å². The van der Waals surface area contributed by atoms with Crippen molar-refractivity contribution < 1.29 is 22.3 Å². The summed E-state index contributed by atoms with van der Waals surface area (Å²) in [6, 6.07) is 13.1. The number of ether oxygens (including phenoxy) is 2. The summed E-state index contributed by atoms with van der Waals surface area (Å²) in [5.74, 6) is 2.58. The van der Waals surface area contributed by atoms with Gasteiger partial charge in [-0.25, -0.2) is 17.8 Å². The summed E-state index contributed by atoms with van der Waals surface area (Å²) in [6.07, 6.45) is 4.07. The Balaban J connectivity index is 1.28. The predicted octanol–water partition coefficient (Wildman–Crippen LogP) is 5.56. The number of aryl methyl sites for hydroxylation is 2. The fourth-order valence-electron chi connectivity index (χ4n) is 5.15. The Morgan fingerprint density at radius 1 is 1.09 bits per heavy atom. The first-order valence-electron chi connectivity index (χ1n) is 12.0. The van der Waals surface area contributed by atoms with E-state index in [2.05, 4.69) is 17.1 Å². The number of aromatic nitrogens is 1. The number of sulfone groups is 1. The lowest BCUT2D eigenvalue weighted by Crippen LogP contribution is -2.09. The topological polar surface area (TPSA) is 65.5 Å². The normalized spacial score (nSPS) is 18.2. The van der Waals surface area contributed by atoms with Gasteiger partial charge in [0.15, 0.2) is 0 Å². The van der Waals surface area contributed by atoms with Gasteiger partial charge in [-0.2, -0.15) is 0 Å². The molecule has 1 aromatic heterocycles. The first-order valence-corrected chi connectivity index (χ1v) is 14.1. The summed E-state index contributed by atoms with van der Waals surface area (Å²) < 4.78 is 48.8. The van der Waals surface area contributed by atoms with E-state index in [1.807, 2.05) is 32.0 Å². The van der Waals surface area contributed by atoms with Crippen molar-refractivity contribution in [2.75, 3.05) is 18.6 Å². The van der Waals surface area contributed by atoms with E-state index in [0.717, 1.165) is 46.4 Å². The van der Waals surface area contributed by atoms with Gasteiger partial charge in [0.25, 0.3) is 0 Å². The number of hydrogen-bond donors (Lipinski definition) is 0. The molecule has 0 bridgehead atoms. The third-order valence-electron chi connectivity index (χ3n) is 6.93. The Morgan fingerprint density at radius 3 is 2.69 bits per heavy atom. The Bertz CT molecular complexity index is 1360. The van der Waals surface area contributed by atoms with Gasteiger partial charge >= 0.3 is 0 Å². The third kappa shape index (κ3) is 5.35. The summed E-state index contributed by atoms with van der Waals surface area (Å²) in [5.41, 5.74) is 6.82. The van der Waals surface area contributed by atoms with Gasteiger partial charge in [-0.1, -0.05) is 12.1 Å². The van der Waals surface area contributed by atoms with Crippen molar-refractivity contribution in [1.82, 2.24) is 4.98 Å². The van der Waals surface area contributed by atoms with Crippen LogP contribution in [0.4, 0.5) is 4.39 Å². The first-order chi connectivity index (χ1) is 16.7. The van der Waals surface area contributed by atoms with Gasteiger partial charge in [0, 0.05) is 29.1 Å². The van der Waals surface area contributed by atoms with Gasteiger partial charge in [0.2, 0.25) is 5.88 Å². The van der Waals surface area contributed by atoms with Crippen LogP contribution >= 0.6 is 0 Å². The van der Waals surface area contributed by atoms with E-state index in [9.17, 15) is 12.8 Å². The molecule has 184 valence electrons. The van der Waals surface area contributed by atoms with E-state index >= 15 is 0 Å². The average Bonchev–Trinajstić information content (AvgIpc) is 3.46. The minimum absolute atomic E-state index is 0.0793. The van der Waals surface area contributed by atoms with Gasteiger partial charge in [-0.05, 0) is 91.5 Å². The van der Waals surface area contributed by atoms with Crippen LogP contribution in [0, 0.1) is 25.6 Å². The van der Waals surface area contributed by atoms with Crippen molar-refractivity contribution in [2.24, 2.45) is 5.92 Å². The number of nitrogens with zero attached hydrogens (tertiary/aromatic N) is 1. The molecule has 0 spiro atoms. The number of halogens is 1. The third-order valence-corrected chi connectivity index (χ3v) is 7.96. The molecule has 7 heteroatoms. The molecule has 0 saturated heterocycles. The summed E-state index contributed by atoms with van der Waals surface area (Å²) >= 11 is 0. The van der Waals surface area contributed by atoms with Crippen LogP contribution in [0.5, 0.6) is 11.6 Å². The number of fused-ring (bicyclic) bond motifs is 3. The van der Waals surface area contributed by atoms with E-state index < -0.39 is 9.84 Å². The standard InChI is InChI=1S/C28H30FNO4S/c1-17-11-27(33-9-4-10-35(3,31)32)30-18(2)28(17)19-5-8-26(29)22(12-19)16-34-23-6-7-24-20(14-23)13-21-15-25(21)24/h5-8,11-12,14,21,25H,4,9-10,13,15-16H2,1-3H3/t21-,25+/m0/s1. The highest BCUT2D eigenvalue weighted by atomic mass is 32.2. The molecule has 0 amide bonds. The minimum atomic E-state index is -3.01. The van der Waals surface area contributed by atoms with Gasteiger partial charge in [0.05, 0.1) is 12.4 Å². The van der Waals surface area contributed by atoms with E-state index in [-0.39, 0.29) is 24.8 Å². The van der Waals surface area contributed by atoms with Crippen LogP contribution in [-0.4, -0.2) is 32.0 Å². The van der Waals surface area contributed by atoms with Crippen LogP contribution < -0.4 is 9.47 Å². The summed E-state index contributed by atoms with van der Waals surface area (Å²) in [4.78, 5) is 4.54. The molecule has 5 nitrogen and oxygen atoms in total. The van der Waals surface area contributed by atoms with Crippen LogP contribution in [0.2, 0.25) is 0 Å². The second-order valence-electron chi connectivity index (χ2n) is 9.83. The Kier molecular flexibility index (Phi) is 6.30. The van der Waals surface area contributed by atoms with Crippen LogP contribution in [0.25, 0.3) is 11.1 Å². The number of rotatable bonds is 9. The Labute approximate surface area is 206 Å². The van der Waals surface area contributed by atoms with Crippen molar-refractivity contribution in [1.29, 1.82) is 0 Å². The van der Waals surface area contributed by atoms with Gasteiger partial charge in [-0.3, -0.25) is 0 Å². The molecule has 2 aromatic carbocycles. The molecule has 0 radical (unpaired) electrons. The van der Waals surface area contributed by atoms with Crippen molar-refractivity contribution in [3.8, 4) is 22.8 Å². The molecular weight excluding hydrogens is 465 g/mol. The smallest absolute Gasteiger partial charge is 0.213 e. The van der Waals surface area contributed by atoms with Gasteiger partial charge in [0.1, 0.15) is 28.0 Å². The fourth-order valence-corrected chi connectivity index (χ4v) is 5.80. The second kappa shape index (κ2) is 9.26. The fraction of sp³-hybridized carbons (Fsp3) is 0.393. The largest absolute Gasteiger partial charge is 0.489 e. The maximum absolute atomic E-state index is 14.6. The lowest BCUT2D eigenvalue weighted by Gasteiger charge is -2.15. The average molecular weight is 496 g/mol. The molecule has 2 atom stereocenters. The van der Waals surface area contributed by atoms with Crippen LogP contribution in [0.15, 0.2) is 42.5 Å². The summed E-state index contributed by atoms with van der Waals surface area (Å²) in [6.45, 7) is 4.28. The molecule has 35 heavy (non-hydrogen) atoms. The molecule has 0 N–H and O–H groups in total. The van der Waals surface area contributed by atoms with Crippen molar-refractivity contribution in [2.45, 2.75) is 45.6 Å². The molecule has 1 heterocycles. The molecule has 5 rings (SSSR count). The molecule has 1 fully saturated rings. The zero-order valence-corrected chi connectivity index (χ0v) is 21.1. The van der Waals surface area contributed by atoms with Gasteiger partial charge in [-0.15, -0.1) is 0 Å². The molecular formula is C28H30FNO4S. The number of pyridine rings is 1. The highest BCUT2D eigenvalue weighted by Gasteiger charge is 2.44. The van der Waals surface area contributed by atoms with E-state index in [0.29, 0.717) is 17.9 Å². The van der Waals surface area contributed by atoms with Crippen molar-refractivity contribution in [3.05, 3.63) is 76.2 Å². The highest BCUT2D eigenvalue weighted by molar-refractivity contribution is 7.90. The lowest BCUT2D eigenvalue weighted by atomic mass is 9.97. The Hall–Kier alpha value is -2.93. The first kappa shape index (κ1) is 23.8. The van der Waals surface area contributed by atoms with Crippen molar-refractivity contribution >= 4 is 9.84 Å². The zero-order valence-electron chi connectivity index (χ0n) is 20.3. The zero-order chi connectivity index (χ0) is 24.7. The van der Waals surface area contributed by atoms with E-state index in [1.165, 1.54) is 29.9 Å². The maximum Gasteiger partial charge on any atom is 0.213 e. The SMILES string of the molecule is Cc1cc(OCCCS(C)(=O)=O)nc(C)c1-c1ccc(F)c(COc2ccc3c(c2)C[C@H]2C[C@@H]32)c1. The molecule has 3 aromatic rings. The highest BCUT2D eigenvalue weighted by Crippen LogP contribution is 2.56. The lowest BCUT2D eigenvalue weighted by molar-refractivity contribution is 0.299. The van der Waals surface area contributed by atoms with E-state index in [1.54, 1.807) is 6.07 Å². The molecule has 1 saturated carbocycles. The summed E-state index contributed by atoms with van der Waals surface area (Å²) in [5, 5.41) is 0. The molecule has 2 aliphatic rings. The van der Waals surface area contributed by atoms with Gasteiger partial charge < -0.3 is 9.47 Å². The van der Waals surface area contributed by atoms with E-state index in [4.69, 9.17) is 9.47 Å². The predicted molar refractivity (Wildman–Crippen MR) is 134 cm³/mol. The Morgan fingerprint density at radius 2 is 1.91 bits per heavy atom. The number of benzene rings is 2. The molecule has 0 unspecified atom stereocenters. The monoisotopic (exact) mass is 495 g/mol. The molecule has 0 aliphatic heterocycles. The minimum Gasteiger partial charge on any atom is -0.489 e. The number of hydrogen-bond acceptors (Lipinski definition) is 5. The van der Waals surface area contributed by atoms with Crippen LogP contribution in [-0.2, 0) is 22.9 Å². The molecule has 2 aliphatic carbocycles. The van der Waals surface area contributed by atoms with Crippen LogP contribution in [0.3, 0.4) is 0 Å². The van der Waals surface area contributed by atoms with Crippen LogP contribution in [0.1, 0.15) is 46.7 Å². The quantitative estimate of drug-likeness (QED) is 0.364. The maximum atomic E-state index is 14.6. The second-order valence-corrected chi connectivity index (χ2v) is 12.1. The summed E-state index contributed by atoms with van der Waals surface area (Å²) in [7, 11) is -3.01.